The Bertz CT molecular complexity index is 1500. The highest BCUT2D eigenvalue weighted by Crippen LogP contribution is 2.39. The van der Waals surface area contributed by atoms with Crippen molar-refractivity contribution in [3.63, 3.8) is 0 Å². The maximum absolute atomic E-state index is 13.8. The van der Waals surface area contributed by atoms with Gasteiger partial charge >= 0.3 is 12.2 Å². The zero-order chi connectivity index (χ0) is 31.5. The fraction of sp³-hybridized carbons (Fsp3) is 0.500. The molecule has 2 aromatic heterocycles. The Kier molecular flexibility index (Phi) is 9.09. The van der Waals surface area contributed by atoms with Gasteiger partial charge in [-0.3, -0.25) is 0 Å². The van der Waals surface area contributed by atoms with E-state index in [1.165, 1.54) is 4.90 Å². The molecule has 0 bridgehead atoms. The third-order valence-corrected chi connectivity index (χ3v) is 6.86. The molecule has 1 aromatic carbocycles. The van der Waals surface area contributed by atoms with Gasteiger partial charge in [-0.05, 0) is 98.6 Å². The van der Waals surface area contributed by atoms with Gasteiger partial charge in [-0.25, -0.2) is 19.0 Å². The number of hydrogen-bond donors (Lipinski definition) is 1. The molecule has 0 spiro atoms. The van der Waals surface area contributed by atoms with Crippen LogP contribution in [0.2, 0.25) is 0 Å². The number of pyridine rings is 1. The second-order valence-corrected chi connectivity index (χ2v) is 12.6. The van der Waals surface area contributed by atoms with Gasteiger partial charge in [0.25, 0.3) is 0 Å². The molecule has 1 N–H and O–H groups in total. The van der Waals surface area contributed by atoms with E-state index in [-0.39, 0.29) is 12.1 Å². The molecule has 3 aromatic rings. The number of piperidine rings is 1. The number of fused-ring (bicyclic) bond motifs is 1. The summed E-state index contributed by atoms with van der Waals surface area (Å²) in [6, 6.07) is 11.3. The van der Waals surface area contributed by atoms with Crippen LogP contribution in [-0.4, -0.2) is 63.6 Å². The summed E-state index contributed by atoms with van der Waals surface area (Å²) < 4.78 is 18.6. The predicted molar refractivity (Wildman–Crippen MR) is 165 cm³/mol. The minimum atomic E-state index is -0.756. The first-order valence-corrected chi connectivity index (χ1v) is 14.6. The molecule has 1 aliphatic heterocycles. The van der Waals surface area contributed by atoms with Crippen LogP contribution in [0.15, 0.2) is 36.5 Å². The Hall–Kier alpha value is -4.46. The largest absolute Gasteiger partial charge is 0.494 e. The van der Waals surface area contributed by atoms with Crippen LogP contribution >= 0.6 is 0 Å². The molecular weight excluding hydrogens is 548 g/mol. The summed E-state index contributed by atoms with van der Waals surface area (Å²) >= 11 is 0. The van der Waals surface area contributed by atoms with Crippen molar-refractivity contribution in [1.29, 1.82) is 5.26 Å². The van der Waals surface area contributed by atoms with Gasteiger partial charge in [0.1, 0.15) is 34.4 Å². The second-order valence-electron chi connectivity index (χ2n) is 12.6. The first-order valence-electron chi connectivity index (χ1n) is 14.6. The molecule has 230 valence electrons. The fourth-order valence-electron chi connectivity index (χ4n) is 5.02. The monoisotopic (exact) mass is 590 g/mol. The number of likely N-dealkylation sites (tertiary alicyclic amines) is 1. The number of benzene rings is 1. The average Bonchev–Trinajstić information content (AvgIpc) is 3.40. The molecule has 0 aliphatic carbocycles. The number of anilines is 3. The summed E-state index contributed by atoms with van der Waals surface area (Å²) in [5, 5.41) is 18.4. The molecule has 0 unspecified atom stereocenters. The highest BCUT2D eigenvalue weighted by atomic mass is 16.6. The lowest BCUT2D eigenvalue weighted by molar-refractivity contribution is 0.0210. The molecule has 1 saturated heterocycles. The molecule has 0 radical (unpaired) electrons. The first-order chi connectivity index (χ1) is 20.2. The molecule has 1 fully saturated rings. The van der Waals surface area contributed by atoms with E-state index >= 15 is 0 Å². The summed E-state index contributed by atoms with van der Waals surface area (Å²) in [7, 11) is 0. The van der Waals surface area contributed by atoms with Gasteiger partial charge < -0.3 is 24.4 Å². The molecule has 3 heterocycles. The number of ether oxygens (including phenoxy) is 3. The quantitative estimate of drug-likeness (QED) is 0.333. The molecule has 1 aliphatic rings. The normalized spacial score (nSPS) is 14.3. The van der Waals surface area contributed by atoms with Crippen molar-refractivity contribution in [1.82, 2.24) is 14.5 Å². The van der Waals surface area contributed by atoms with Gasteiger partial charge in [0.15, 0.2) is 0 Å². The topological polar surface area (TPSA) is 121 Å². The van der Waals surface area contributed by atoms with Crippen LogP contribution in [-0.2, 0) is 9.47 Å². The Morgan fingerprint density at radius 2 is 1.67 bits per heavy atom. The Morgan fingerprint density at radius 1 is 1.05 bits per heavy atom. The number of carbonyl (C=O) groups is 2. The van der Waals surface area contributed by atoms with Gasteiger partial charge in [0, 0.05) is 24.7 Å². The molecule has 11 heteroatoms. The second kappa shape index (κ2) is 12.4. The predicted octanol–water partition coefficient (Wildman–Crippen LogP) is 6.80. The lowest BCUT2D eigenvalue weighted by Crippen LogP contribution is -2.44. The summed E-state index contributed by atoms with van der Waals surface area (Å²) in [6.45, 7) is 16.3. The highest BCUT2D eigenvalue weighted by Gasteiger charge is 2.32. The Labute approximate surface area is 253 Å². The summed E-state index contributed by atoms with van der Waals surface area (Å²) in [5.41, 5.74) is 1.47. The smallest absolute Gasteiger partial charge is 0.420 e. The van der Waals surface area contributed by atoms with Crippen molar-refractivity contribution in [3.8, 4) is 11.8 Å². The van der Waals surface area contributed by atoms with Crippen LogP contribution in [0, 0.1) is 18.3 Å². The molecular formula is C32H42N6O5. The number of carbonyl (C=O) groups excluding carboxylic acids is 2. The van der Waals surface area contributed by atoms with E-state index in [4.69, 9.17) is 14.2 Å². The van der Waals surface area contributed by atoms with Gasteiger partial charge in [-0.15, -0.1) is 0 Å². The third-order valence-electron chi connectivity index (χ3n) is 6.86. The lowest BCUT2D eigenvalue weighted by Gasteiger charge is -2.35. The molecule has 43 heavy (non-hydrogen) atoms. The van der Waals surface area contributed by atoms with Crippen molar-refractivity contribution in [2.75, 3.05) is 29.9 Å². The molecule has 4 rings (SSSR count). The number of nitrogens with one attached hydrogen (secondary N) is 1. The Balaban J connectivity index is 1.75. The van der Waals surface area contributed by atoms with E-state index < -0.39 is 17.3 Å². The van der Waals surface area contributed by atoms with E-state index in [0.29, 0.717) is 72.1 Å². The van der Waals surface area contributed by atoms with Crippen molar-refractivity contribution < 1.29 is 23.8 Å². The Morgan fingerprint density at radius 3 is 2.23 bits per heavy atom. The number of nitriles is 1. The van der Waals surface area contributed by atoms with Crippen molar-refractivity contribution >= 4 is 34.9 Å². The number of nitrogens with zero attached hydrogens (tertiary/aromatic N) is 5. The summed E-state index contributed by atoms with van der Waals surface area (Å²) in [6.07, 6.45) is 2.02. The van der Waals surface area contributed by atoms with Crippen molar-refractivity contribution in [2.45, 2.75) is 85.5 Å². The zero-order valence-electron chi connectivity index (χ0n) is 26.4. The lowest BCUT2D eigenvalue weighted by atomic mass is 10.0. The van der Waals surface area contributed by atoms with Gasteiger partial charge in [-0.2, -0.15) is 10.4 Å². The van der Waals surface area contributed by atoms with Crippen molar-refractivity contribution in [2.24, 2.45) is 0 Å². The van der Waals surface area contributed by atoms with E-state index in [0.717, 1.165) is 0 Å². The fourth-order valence-corrected chi connectivity index (χ4v) is 5.02. The van der Waals surface area contributed by atoms with Crippen molar-refractivity contribution in [3.05, 3.63) is 47.7 Å². The molecule has 2 amide bonds. The third kappa shape index (κ3) is 7.31. The van der Waals surface area contributed by atoms with Crippen LogP contribution in [0.25, 0.3) is 5.52 Å². The first kappa shape index (κ1) is 31.5. The van der Waals surface area contributed by atoms with E-state index in [1.54, 1.807) is 45.9 Å². The molecule has 11 nitrogen and oxygen atoms in total. The van der Waals surface area contributed by atoms with Gasteiger partial charge in [0.2, 0.25) is 0 Å². The molecule has 0 saturated carbocycles. The van der Waals surface area contributed by atoms with E-state index in [9.17, 15) is 14.9 Å². The van der Waals surface area contributed by atoms with Crippen LogP contribution in [0.1, 0.15) is 72.4 Å². The number of rotatable bonds is 6. The SMILES string of the molecule is CCOc1ccc(N(C(=O)OC(C)(C)C)c2c(C)c(NC3CCN(C(=O)OC(C)(C)C)CC3)c(C#N)c3ccnn23)cc1. The zero-order valence-corrected chi connectivity index (χ0v) is 26.4. The number of hydrogen-bond acceptors (Lipinski definition) is 8. The minimum absolute atomic E-state index is 0.0110. The highest BCUT2D eigenvalue weighted by molar-refractivity contribution is 5.98. The van der Waals surface area contributed by atoms with E-state index in [2.05, 4.69) is 16.5 Å². The van der Waals surface area contributed by atoms with Crippen LogP contribution in [0.5, 0.6) is 5.75 Å². The summed E-state index contributed by atoms with van der Waals surface area (Å²) in [4.78, 5) is 29.6. The van der Waals surface area contributed by atoms with Crippen LogP contribution < -0.4 is 15.0 Å². The van der Waals surface area contributed by atoms with Gasteiger partial charge in [0.05, 0.1) is 29.7 Å². The maximum Gasteiger partial charge on any atom is 0.420 e. The number of aromatic nitrogens is 2. The average molecular weight is 591 g/mol. The minimum Gasteiger partial charge on any atom is -0.494 e. The van der Waals surface area contributed by atoms with E-state index in [1.807, 2.05) is 55.4 Å². The van der Waals surface area contributed by atoms with Crippen LogP contribution in [0.4, 0.5) is 26.8 Å². The number of amides is 2. The van der Waals surface area contributed by atoms with Crippen LogP contribution in [0.3, 0.4) is 0 Å². The molecule has 0 atom stereocenters. The maximum atomic E-state index is 13.8. The standard InChI is InChI=1S/C32H42N6O5/c1-9-41-24-12-10-23(11-13-24)37(30(40)43-32(6,7)8)28-21(2)27(25(20-33)26-14-17-34-38(26)28)35-22-15-18-36(19-16-22)29(39)42-31(3,4)5/h10-14,17,22,35H,9,15-16,18-19H2,1-8H3. The van der Waals surface area contributed by atoms with Gasteiger partial charge in [-0.1, -0.05) is 0 Å². The summed E-state index contributed by atoms with van der Waals surface area (Å²) in [5.74, 6) is 1.13.